The molecule has 0 atom stereocenters. The highest BCUT2D eigenvalue weighted by atomic mass is 19.1. The summed E-state index contributed by atoms with van der Waals surface area (Å²) in [7, 11) is 0. The molecule has 0 heterocycles. The van der Waals surface area contributed by atoms with E-state index in [9.17, 15) is 4.39 Å². The number of hydrogen-bond acceptors (Lipinski definition) is 2. The molecule has 0 spiro atoms. The summed E-state index contributed by atoms with van der Waals surface area (Å²) in [4.78, 5) is 0. The van der Waals surface area contributed by atoms with Gasteiger partial charge in [0.2, 0.25) is 0 Å². The van der Waals surface area contributed by atoms with Crippen molar-refractivity contribution in [3.63, 3.8) is 0 Å². The topological polar surface area (TPSA) is 38.0 Å². The van der Waals surface area contributed by atoms with Crippen LogP contribution in [0.5, 0.6) is 0 Å². The molecule has 1 aromatic carbocycles. The fraction of sp³-hybridized carbons (Fsp3) is 0.500. The van der Waals surface area contributed by atoms with Crippen molar-refractivity contribution in [3.05, 3.63) is 24.0 Å². The number of halogens is 1. The van der Waals surface area contributed by atoms with Crippen LogP contribution in [0.3, 0.4) is 0 Å². The molecule has 2 nitrogen and oxygen atoms in total. The smallest absolute Gasteiger partial charge is 0.125 e. The number of anilines is 2. The van der Waals surface area contributed by atoms with Crippen LogP contribution >= 0.6 is 0 Å². The Hall–Kier alpha value is -1.25. The maximum Gasteiger partial charge on any atom is 0.125 e. The Morgan fingerprint density at radius 1 is 1.33 bits per heavy atom. The van der Waals surface area contributed by atoms with E-state index in [0.29, 0.717) is 5.69 Å². The molecule has 82 valence electrons. The minimum atomic E-state index is -0.283. The molecule has 0 amide bonds. The van der Waals surface area contributed by atoms with Crippen molar-refractivity contribution in [2.45, 2.75) is 38.1 Å². The molecule has 1 aliphatic rings. The second-order valence-corrected chi connectivity index (χ2v) is 4.62. The lowest BCUT2D eigenvalue weighted by Gasteiger charge is -2.27. The molecule has 0 bridgehead atoms. The molecule has 1 saturated carbocycles. The highest BCUT2D eigenvalue weighted by molar-refractivity contribution is 5.66. The van der Waals surface area contributed by atoms with E-state index in [0.717, 1.165) is 18.5 Å². The summed E-state index contributed by atoms with van der Waals surface area (Å²) in [5, 5.41) is 3.42. The zero-order valence-corrected chi connectivity index (χ0v) is 9.02. The second-order valence-electron chi connectivity index (χ2n) is 4.62. The van der Waals surface area contributed by atoms with E-state index >= 15 is 0 Å². The van der Waals surface area contributed by atoms with E-state index in [2.05, 4.69) is 12.2 Å². The number of hydrogen-bond donors (Lipinski definition) is 2. The fourth-order valence-electron chi connectivity index (χ4n) is 2.25. The fourth-order valence-corrected chi connectivity index (χ4v) is 2.25. The van der Waals surface area contributed by atoms with Crippen LogP contribution in [0.4, 0.5) is 15.8 Å². The number of rotatable bonds is 2. The van der Waals surface area contributed by atoms with E-state index in [-0.39, 0.29) is 11.4 Å². The van der Waals surface area contributed by atoms with Crippen LogP contribution in [-0.2, 0) is 0 Å². The van der Waals surface area contributed by atoms with Gasteiger partial charge in [0.05, 0.1) is 11.4 Å². The molecule has 0 aliphatic heterocycles. The summed E-state index contributed by atoms with van der Waals surface area (Å²) >= 11 is 0. The van der Waals surface area contributed by atoms with Gasteiger partial charge in [0.15, 0.2) is 0 Å². The molecule has 0 aromatic heterocycles. The van der Waals surface area contributed by atoms with Crippen molar-refractivity contribution in [2.24, 2.45) is 0 Å². The highest BCUT2D eigenvalue weighted by Gasteiger charge is 2.28. The molecule has 0 radical (unpaired) electrons. The molecule has 1 aliphatic carbocycles. The van der Waals surface area contributed by atoms with Crippen molar-refractivity contribution < 1.29 is 4.39 Å². The van der Waals surface area contributed by atoms with Gasteiger partial charge in [-0.3, -0.25) is 0 Å². The van der Waals surface area contributed by atoms with E-state index in [1.807, 2.05) is 0 Å². The average Bonchev–Trinajstić information content (AvgIpc) is 2.58. The van der Waals surface area contributed by atoms with E-state index < -0.39 is 0 Å². The number of benzene rings is 1. The summed E-state index contributed by atoms with van der Waals surface area (Å²) in [6.07, 6.45) is 4.82. The molecule has 15 heavy (non-hydrogen) atoms. The van der Waals surface area contributed by atoms with Crippen molar-refractivity contribution in [2.75, 3.05) is 11.1 Å². The monoisotopic (exact) mass is 208 g/mol. The van der Waals surface area contributed by atoms with Gasteiger partial charge in [0, 0.05) is 5.54 Å². The van der Waals surface area contributed by atoms with Gasteiger partial charge in [-0.2, -0.15) is 0 Å². The van der Waals surface area contributed by atoms with Gasteiger partial charge in [-0.1, -0.05) is 12.8 Å². The van der Waals surface area contributed by atoms with Gasteiger partial charge in [0.1, 0.15) is 5.82 Å². The van der Waals surface area contributed by atoms with Crippen LogP contribution in [0.25, 0.3) is 0 Å². The Balaban J connectivity index is 2.16. The lowest BCUT2D eigenvalue weighted by atomic mass is 10.00. The molecule has 0 unspecified atom stereocenters. The van der Waals surface area contributed by atoms with Crippen molar-refractivity contribution >= 4 is 11.4 Å². The molecule has 1 aromatic rings. The Bertz CT molecular complexity index is 357. The van der Waals surface area contributed by atoms with Crippen LogP contribution in [0.2, 0.25) is 0 Å². The Morgan fingerprint density at radius 3 is 2.60 bits per heavy atom. The first kappa shape index (κ1) is 10.3. The summed E-state index contributed by atoms with van der Waals surface area (Å²) in [6, 6.07) is 4.52. The molecule has 0 saturated heterocycles. The third-order valence-electron chi connectivity index (χ3n) is 3.16. The SMILES string of the molecule is CC1(Nc2ccc(F)cc2N)CCCC1. The summed E-state index contributed by atoms with van der Waals surface area (Å²) < 4.78 is 12.8. The molecular weight excluding hydrogens is 191 g/mol. The summed E-state index contributed by atoms with van der Waals surface area (Å²) in [5.74, 6) is -0.283. The van der Waals surface area contributed by atoms with Crippen LogP contribution in [0.1, 0.15) is 32.6 Å². The molecule has 3 heteroatoms. The highest BCUT2D eigenvalue weighted by Crippen LogP contribution is 2.34. The zero-order chi connectivity index (χ0) is 10.9. The molecule has 2 rings (SSSR count). The predicted molar refractivity (Wildman–Crippen MR) is 61.3 cm³/mol. The number of nitrogens with two attached hydrogens (primary N) is 1. The Kier molecular flexibility index (Phi) is 2.55. The first-order valence-corrected chi connectivity index (χ1v) is 5.42. The normalized spacial score (nSPS) is 19.1. The third-order valence-corrected chi connectivity index (χ3v) is 3.16. The van der Waals surface area contributed by atoms with Crippen LogP contribution < -0.4 is 11.1 Å². The van der Waals surface area contributed by atoms with E-state index in [1.165, 1.54) is 25.0 Å². The number of nitrogens with one attached hydrogen (secondary N) is 1. The largest absolute Gasteiger partial charge is 0.397 e. The van der Waals surface area contributed by atoms with Gasteiger partial charge < -0.3 is 11.1 Å². The summed E-state index contributed by atoms with van der Waals surface area (Å²) in [6.45, 7) is 2.20. The Labute approximate surface area is 89.7 Å². The van der Waals surface area contributed by atoms with Crippen molar-refractivity contribution in [3.8, 4) is 0 Å². The number of nitrogen functional groups attached to an aromatic ring is 1. The maximum atomic E-state index is 12.8. The minimum Gasteiger partial charge on any atom is -0.397 e. The van der Waals surface area contributed by atoms with Gasteiger partial charge in [0.25, 0.3) is 0 Å². The first-order valence-electron chi connectivity index (χ1n) is 5.42. The van der Waals surface area contributed by atoms with Gasteiger partial charge in [-0.05, 0) is 38.0 Å². The van der Waals surface area contributed by atoms with Crippen LogP contribution in [0.15, 0.2) is 18.2 Å². The lowest BCUT2D eigenvalue weighted by molar-refractivity contribution is 0.533. The Morgan fingerprint density at radius 2 is 2.00 bits per heavy atom. The van der Waals surface area contributed by atoms with E-state index in [1.54, 1.807) is 6.07 Å². The van der Waals surface area contributed by atoms with Gasteiger partial charge >= 0.3 is 0 Å². The standard InChI is InChI=1S/C12H17FN2/c1-12(6-2-3-7-12)15-11-5-4-9(13)8-10(11)14/h4-5,8,15H,2-3,6-7,14H2,1H3. The summed E-state index contributed by atoms with van der Waals surface area (Å²) in [5.41, 5.74) is 7.22. The zero-order valence-electron chi connectivity index (χ0n) is 9.02. The predicted octanol–water partition coefficient (Wildman–Crippen LogP) is 3.15. The lowest BCUT2D eigenvalue weighted by Crippen LogP contribution is -2.31. The average molecular weight is 208 g/mol. The second kappa shape index (κ2) is 3.72. The van der Waals surface area contributed by atoms with Crippen molar-refractivity contribution in [1.29, 1.82) is 0 Å². The third kappa shape index (κ3) is 2.22. The quantitative estimate of drug-likeness (QED) is 0.733. The molecular formula is C12H17FN2. The van der Waals surface area contributed by atoms with Crippen LogP contribution in [-0.4, -0.2) is 5.54 Å². The molecule has 3 N–H and O–H groups in total. The minimum absolute atomic E-state index is 0.131. The maximum absolute atomic E-state index is 12.8. The van der Waals surface area contributed by atoms with Crippen molar-refractivity contribution in [1.82, 2.24) is 0 Å². The van der Waals surface area contributed by atoms with Gasteiger partial charge in [-0.25, -0.2) is 4.39 Å². The van der Waals surface area contributed by atoms with Gasteiger partial charge in [-0.15, -0.1) is 0 Å². The first-order chi connectivity index (χ1) is 7.09. The van der Waals surface area contributed by atoms with E-state index in [4.69, 9.17) is 5.73 Å². The van der Waals surface area contributed by atoms with Crippen LogP contribution in [0, 0.1) is 5.82 Å². The molecule has 1 fully saturated rings.